The summed E-state index contributed by atoms with van der Waals surface area (Å²) in [4.78, 5) is 6.70. The molecule has 116 valence electrons. The second-order valence-corrected chi connectivity index (χ2v) is 7.55. The third-order valence-corrected chi connectivity index (χ3v) is 5.62. The molecule has 4 nitrogen and oxygen atoms in total. The number of nitrogens with zero attached hydrogens (tertiary/aromatic N) is 1. The van der Waals surface area contributed by atoms with Crippen molar-refractivity contribution < 1.29 is 9.84 Å². The number of aromatic nitrogens is 1. The van der Waals surface area contributed by atoms with Crippen LogP contribution >= 0.6 is 38.6 Å². The monoisotopic (exact) mass is 390 g/mol. The Hall–Kier alpha value is -0.310. The van der Waals surface area contributed by atoms with Crippen molar-refractivity contribution in [1.29, 1.82) is 0 Å². The van der Waals surface area contributed by atoms with Crippen LogP contribution in [0.3, 0.4) is 0 Å². The molecule has 1 atom stereocenters. The number of ether oxygens (including phenoxy) is 1. The van der Waals surface area contributed by atoms with Crippen molar-refractivity contribution in [2.45, 2.75) is 26.0 Å². The summed E-state index contributed by atoms with van der Waals surface area (Å²) in [6, 6.07) is 2.08. The Morgan fingerprint density at radius 2 is 2.33 bits per heavy atom. The molecule has 0 aromatic carbocycles. The fraction of sp³-hybridized carbons (Fsp3) is 0.500. The minimum Gasteiger partial charge on any atom is -0.389 e. The molecule has 0 saturated carbocycles. The van der Waals surface area contributed by atoms with Gasteiger partial charge in [-0.2, -0.15) is 0 Å². The van der Waals surface area contributed by atoms with Gasteiger partial charge in [0.1, 0.15) is 0 Å². The van der Waals surface area contributed by atoms with Gasteiger partial charge in [-0.3, -0.25) is 0 Å². The lowest BCUT2D eigenvalue weighted by molar-refractivity contribution is 0.0384. The van der Waals surface area contributed by atoms with Crippen LogP contribution in [0.4, 0.5) is 0 Å². The number of rotatable bonds is 9. The largest absolute Gasteiger partial charge is 0.389 e. The number of aryl methyl sites for hydroxylation is 1. The third kappa shape index (κ3) is 6.14. The van der Waals surface area contributed by atoms with Crippen LogP contribution in [-0.2, 0) is 17.7 Å². The first-order valence-electron chi connectivity index (χ1n) is 6.73. The van der Waals surface area contributed by atoms with Crippen LogP contribution in [0.25, 0.3) is 0 Å². The summed E-state index contributed by atoms with van der Waals surface area (Å²) in [5, 5.41) is 15.1. The second-order valence-electron chi connectivity index (χ2n) is 4.70. The van der Waals surface area contributed by atoms with E-state index in [0.717, 1.165) is 23.1 Å². The van der Waals surface area contributed by atoms with Crippen molar-refractivity contribution in [3.63, 3.8) is 0 Å². The maximum absolute atomic E-state index is 9.84. The molecule has 2 heterocycles. The molecule has 2 rings (SSSR count). The van der Waals surface area contributed by atoms with Crippen LogP contribution in [0, 0.1) is 6.92 Å². The number of aliphatic hydroxyl groups is 1. The molecular formula is C14H19BrN2O2S2. The summed E-state index contributed by atoms with van der Waals surface area (Å²) in [6.07, 6.45) is 0.385. The molecule has 0 bridgehead atoms. The fourth-order valence-corrected chi connectivity index (χ4v) is 4.00. The van der Waals surface area contributed by atoms with Gasteiger partial charge in [-0.1, -0.05) is 0 Å². The van der Waals surface area contributed by atoms with E-state index in [1.54, 1.807) is 22.7 Å². The van der Waals surface area contributed by atoms with Crippen LogP contribution in [0.1, 0.15) is 15.4 Å². The van der Waals surface area contributed by atoms with Gasteiger partial charge in [-0.05, 0) is 28.9 Å². The Bertz CT molecular complexity index is 545. The first-order valence-corrected chi connectivity index (χ1v) is 9.29. The van der Waals surface area contributed by atoms with Crippen LogP contribution in [0.2, 0.25) is 0 Å². The minimum atomic E-state index is -0.476. The molecule has 0 amide bonds. The predicted molar refractivity (Wildman–Crippen MR) is 91.1 cm³/mol. The van der Waals surface area contributed by atoms with E-state index >= 15 is 0 Å². The van der Waals surface area contributed by atoms with Gasteiger partial charge in [0.2, 0.25) is 0 Å². The van der Waals surface area contributed by atoms with E-state index in [-0.39, 0.29) is 0 Å². The zero-order valence-electron chi connectivity index (χ0n) is 11.8. The van der Waals surface area contributed by atoms with E-state index in [2.05, 4.69) is 37.7 Å². The molecular weight excluding hydrogens is 372 g/mol. The number of thiophene rings is 1. The number of halogens is 1. The van der Waals surface area contributed by atoms with Gasteiger partial charge in [0.05, 0.1) is 30.5 Å². The lowest BCUT2D eigenvalue weighted by Crippen LogP contribution is -2.30. The summed E-state index contributed by atoms with van der Waals surface area (Å²) in [6.45, 7) is 4.30. The minimum absolute atomic E-state index is 0.360. The van der Waals surface area contributed by atoms with Crippen LogP contribution in [-0.4, -0.2) is 36.0 Å². The second kappa shape index (κ2) is 8.97. The van der Waals surface area contributed by atoms with Crippen molar-refractivity contribution in [2.75, 3.05) is 19.8 Å². The first-order chi connectivity index (χ1) is 10.1. The topological polar surface area (TPSA) is 54.4 Å². The van der Waals surface area contributed by atoms with Gasteiger partial charge in [0.25, 0.3) is 0 Å². The van der Waals surface area contributed by atoms with Gasteiger partial charge in [-0.25, -0.2) is 4.98 Å². The standard InChI is InChI=1S/C14H19BrN2O2S2/c1-10-14(21-9-17-10)2-3-19-7-12(18)5-16-6-13-4-11(15)8-20-13/h4,8-9,12,16,18H,2-3,5-7H2,1H3. The van der Waals surface area contributed by atoms with Crippen LogP contribution < -0.4 is 5.32 Å². The third-order valence-electron chi connectivity index (χ3n) is 2.93. The highest BCUT2D eigenvalue weighted by molar-refractivity contribution is 9.10. The lowest BCUT2D eigenvalue weighted by Gasteiger charge is -2.11. The number of aliphatic hydroxyl groups excluding tert-OH is 1. The normalized spacial score (nSPS) is 12.7. The average Bonchev–Trinajstić information content (AvgIpc) is 3.04. The summed E-state index contributed by atoms with van der Waals surface area (Å²) >= 11 is 6.77. The molecule has 0 fully saturated rings. The molecule has 0 aliphatic heterocycles. The fourth-order valence-electron chi connectivity index (χ4n) is 1.82. The molecule has 2 aromatic rings. The maximum atomic E-state index is 9.84. The van der Waals surface area contributed by atoms with Gasteiger partial charge in [0, 0.05) is 39.1 Å². The highest BCUT2D eigenvalue weighted by atomic mass is 79.9. The Morgan fingerprint density at radius 3 is 3.00 bits per heavy atom. The highest BCUT2D eigenvalue weighted by Crippen LogP contribution is 2.19. The van der Waals surface area contributed by atoms with E-state index in [4.69, 9.17) is 4.74 Å². The maximum Gasteiger partial charge on any atom is 0.0897 e. The molecule has 0 radical (unpaired) electrons. The van der Waals surface area contributed by atoms with Gasteiger partial charge < -0.3 is 15.2 Å². The van der Waals surface area contributed by atoms with Crippen molar-refractivity contribution >= 4 is 38.6 Å². The number of hydrogen-bond donors (Lipinski definition) is 2. The van der Waals surface area contributed by atoms with Crippen LogP contribution in [0.15, 0.2) is 21.4 Å². The molecule has 0 aliphatic carbocycles. The Morgan fingerprint density at radius 1 is 1.48 bits per heavy atom. The summed E-state index contributed by atoms with van der Waals surface area (Å²) < 4.78 is 6.62. The van der Waals surface area contributed by atoms with Gasteiger partial charge >= 0.3 is 0 Å². The highest BCUT2D eigenvalue weighted by Gasteiger charge is 2.06. The van der Waals surface area contributed by atoms with E-state index < -0.39 is 6.10 Å². The van der Waals surface area contributed by atoms with Crippen LogP contribution in [0.5, 0.6) is 0 Å². The molecule has 0 spiro atoms. The van der Waals surface area contributed by atoms with E-state index in [9.17, 15) is 5.11 Å². The van der Waals surface area contributed by atoms with Crippen molar-refractivity contribution in [3.8, 4) is 0 Å². The Kier molecular flexibility index (Phi) is 7.28. The number of thiazole rings is 1. The molecule has 1 unspecified atom stereocenters. The Labute approximate surface area is 141 Å². The molecule has 21 heavy (non-hydrogen) atoms. The zero-order chi connectivity index (χ0) is 15.1. The summed E-state index contributed by atoms with van der Waals surface area (Å²) in [7, 11) is 0. The first kappa shape index (κ1) is 17.1. The van der Waals surface area contributed by atoms with Crippen molar-refractivity contribution in [2.24, 2.45) is 0 Å². The lowest BCUT2D eigenvalue weighted by atomic mass is 10.3. The smallest absolute Gasteiger partial charge is 0.0897 e. The summed E-state index contributed by atoms with van der Waals surface area (Å²) in [5.74, 6) is 0. The van der Waals surface area contributed by atoms with Crippen molar-refractivity contribution in [1.82, 2.24) is 10.3 Å². The molecule has 7 heteroatoms. The molecule has 0 saturated heterocycles. The van der Waals surface area contributed by atoms with E-state index in [1.165, 1.54) is 9.75 Å². The number of hydrogen-bond acceptors (Lipinski definition) is 6. The molecule has 2 aromatic heterocycles. The SMILES string of the molecule is Cc1ncsc1CCOCC(O)CNCc1cc(Br)cs1. The molecule has 2 N–H and O–H groups in total. The Balaban J connectivity index is 1.53. The van der Waals surface area contributed by atoms with Gasteiger partial charge in [-0.15, -0.1) is 22.7 Å². The summed E-state index contributed by atoms with van der Waals surface area (Å²) in [5.41, 5.74) is 2.93. The quantitative estimate of drug-likeness (QED) is 0.646. The van der Waals surface area contributed by atoms with E-state index in [1.807, 2.05) is 12.4 Å². The van der Waals surface area contributed by atoms with Crippen molar-refractivity contribution in [3.05, 3.63) is 36.9 Å². The van der Waals surface area contributed by atoms with E-state index in [0.29, 0.717) is 19.8 Å². The molecule has 0 aliphatic rings. The van der Waals surface area contributed by atoms with Gasteiger partial charge in [0.15, 0.2) is 0 Å². The average molecular weight is 391 g/mol. The number of nitrogens with one attached hydrogen (secondary N) is 1. The zero-order valence-corrected chi connectivity index (χ0v) is 15.1. The predicted octanol–water partition coefficient (Wildman–Crippen LogP) is 2.99.